The van der Waals surface area contributed by atoms with Crippen molar-refractivity contribution in [1.82, 2.24) is 24.6 Å². The maximum absolute atomic E-state index is 4.68. The highest BCUT2D eigenvalue weighted by molar-refractivity contribution is 5.44. The zero-order valence-electron chi connectivity index (χ0n) is 13.8. The van der Waals surface area contributed by atoms with E-state index in [1.165, 1.54) is 19.3 Å². The molecular weight excluding hydrogens is 302 g/mol. The molecule has 1 N–H and O–H groups in total. The van der Waals surface area contributed by atoms with Crippen molar-refractivity contribution < 1.29 is 0 Å². The highest BCUT2D eigenvalue weighted by Crippen LogP contribution is 2.18. The van der Waals surface area contributed by atoms with E-state index >= 15 is 0 Å². The number of nitrogens with zero attached hydrogens (tertiary/aromatic N) is 6. The topological polar surface area (TPSA) is 71.2 Å². The van der Waals surface area contributed by atoms with Crippen LogP contribution in [0.4, 0.5) is 11.8 Å². The van der Waals surface area contributed by atoms with Crippen LogP contribution in [0.15, 0.2) is 30.5 Å². The van der Waals surface area contributed by atoms with Crippen LogP contribution >= 0.6 is 0 Å². The van der Waals surface area contributed by atoms with Crippen LogP contribution < -0.4 is 10.2 Å². The number of aryl methyl sites for hydroxylation is 1. The fourth-order valence-electron chi connectivity index (χ4n) is 3.06. The monoisotopic (exact) mass is 323 g/mol. The largest absolute Gasteiger partial charge is 0.363 e. The number of piperidine rings is 1. The van der Waals surface area contributed by atoms with Gasteiger partial charge in [-0.1, -0.05) is 6.07 Å². The summed E-state index contributed by atoms with van der Waals surface area (Å²) in [7, 11) is 0. The average molecular weight is 323 g/mol. The van der Waals surface area contributed by atoms with Crippen molar-refractivity contribution >= 4 is 17.4 Å². The third-order valence-electron chi connectivity index (χ3n) is 4.29. The second kappa shape index (κ2) is 6.43. The summed E-state index contributed by atoms with van der Waals surface area (Å²) in [5.74, 6) is 2.51. The molecule has 1 saturated heterocycles. The Morgan fingerprint density at radius 3 is 2.83 bits per heavy atom. The molecule has 3 aromatic heterocycles. The smallest absolute Gasteiger partial charge is 0.227 e. The van der Waals surface area contributed by atoms with E-state index in [0.29, 0.717) is 6.54 Å². The number of hydrogen-bond donors (Lipinski definition) is 1. The molecule has 4 rings (SSSR count). The molecule has 24 heavy (non-hydrogen) atoms. The Morgan fingerprint density at radius 1 is 1.08 bits per heavy atom. The second-order valence-corrected chi connectivity index (χ2v) is 6.14. The minimum absolute atomic E-state index is 0.571. The third kappa shape index (κ3) is 3.02. The maximum atomic E-state index is 4.68. The van der Waals surface area contributed by atoms with E-state index < -0.39 is 0 Å². The number of hydrogen-bond acceptors (Lipinski definition) is 6. The van der Waals surface area contributed by atoms with E-state index in [9.17, 15) is 0 Å². The van der Waals surface area contributed by atoms with Crippen molar-refractivity contribution in [2.45, 2.75) is 32.7 Å². The van der Waals surface area contributed by atoms with E-state index in [4.69, 9.17) is 0 Å². The summed E-state index contributed by atoms with van der Waals surface area (Å²) >= 11 is 0. The van der Waals surface area contributed by atoms with Crippen molar-refractivity contribution in [3.63, 3.8) is 0 Å². The van der Waals surface area contributed by atoms with Gasteiger partial charge < -0.3 is 10.2 Å². The van der Waals surface area contributed by atoms with Crippen molar-refractivity contribution in [2.24, 2.45) is 0 Å². The molecular formula is C17H21N7. The van der Waals surface area contributed by atoms with Gasteiger partial charge in [-0.25, -0.2) is 4.98 Å². The van der Waals surface area contributed by atoms with Gasteiger partial charge in [-0.05, 0) is 38.3 Å². The zero-order valence-corrected chi connectivity index (χ0v) is 13.8. The minimum atomic E-state index is 0.571. The number of fused-ring (bicyclic) bond motifs is 1. The van der Waals surface area contributed by atoms with Crippen LogP contribution in [0, 0.1) is 6.92 Å². The second-order valence-electron chi connectivity index (χ2n) is 6.14. The summed E-state index contributed by atoms with van der Waals surface area (Å²) in [6, 6.07) is 7.85. The van der Waals surface area contributed by atoms with Crippen LogP contribution in [-0.2, 0) is 6.54 Å². The lowest BCUT2D eigenvalue weighted by molar-refractivity contribution is 0.568. The molecule has 0 atom stereocenters. The highest BCUT2D eigenvalue weighted by Gasteiger charge is 2.15. The first-order chi connectivity index (χ1) is 11.8. The van der Waals surface area contributed by atoms with Crippen LogP contribution in [0.25, 0.3) is 5.65 Å². The van der Waals surface area contributed by atoms with Crippen molar-refractivity contribution in [2.75, 3.05) is 23.3 Å². The molecule has 0 amide bonds. The van der Waals surface area contributed by atoms with E-state index in [1.807, 2.05) is 41.8 Å². The van der Waals surface area contributed by atoms with Gasteiger partial charge in [0.25, 0.3) is 0 Å². The summed E-state index contributed by atoms with van der Waals surface area (Å²) in [4.78, 5) is 11.5. The molecule has 3 aromatic rings. The minimum Gasteiger partial charge on any atom is -0.363 e. The molecule has 7 nitrogen and oxygen atoms in total. The first kappa shape index (κ1) is 14.9. The van der Waals surface area contributed by atoms with Gasteiger partial charge in [-0.2, -0.15) is 4.98 Å². The third-order valence-corrected chi connectivity index (χ3v) is 4.29. The summed E-state index contributed by atoms with van der Waals surface area (Å²) in [5, 5.41) is 11.8. The van der Waals surface area contributed by atoms with Gasteiger partial charge in [0.05, 0.1) is 6.54 Å². The van der Waals surface area contributed by atoms with Crippen LogP contribution in [0.1, 0.15) is 30.8 Å². The number of pyridine rings is 1. The predicted octanol–water partition coefficient (Wildman–Crippen LogP) is 2.43. The van der Waals surface area contributed by atoms with Crippen LogP contribution in [0.2, 0.25) is 0 Å². The number of anilines is 2. The maximum Gasteiger partial charge on any atom is 0.227 e. The molecule has 1 fully saturated rings. The standard InChI is InChI=1S/C17H21N7/c1-13-11-14(20-17(19-13)23-8-4-2-5-9-23)18-12-16-22-21-15-7-3-6-10-24(15)16/h3,6-7,10-11H,2,4-5,8-9,12H2,1H3,(H,18,19,20). The SMILES string of the molecule is Cc1cc(NCc2nnc3ccccn23)nc(N2CCCCC2)n1. The molecule has 0 aliphatic carbocycles. The van der Waals surface area contributed by atoms with Gasteiger partial charge in [-0.3, -0.25) is 4.40 Å². The van der Waals surface area contributed by atoms with E-state index in [2.05, 4.69) is 30.4 Å². The number of aromatic nitrogens is 5. The molecule has 7 heteroatoms. The molecule has 0 radical (unpaired) electrons. The van der Waals surface area contributed by atoms with E-state index in [0.717, 1.165) is 42.0 Å². The van der Waals surface area contributed by atoms with Crippen LogP contribution in [0.5, 0.6) is 0 Å². The van der Waals surface area contributed by atoms with E-state index in [-0.39, 0.29) is 0 Å². The molecule has 0 aromatic carbocycles. The van der Waals surface area contributed by atoms with Gasteiger partial charge >= 0.3 is 0 Å². The molecule has 0 spiro atoms. The molecule has 1 aliphatic heterocycles. The highest BCUT2D eigenvalue weighted by atomic mass is 15.3. The summed E-state index contributed by atoms with van der Waals surface area (Å²) in [6.07, 6.45) is 5.70. The number of nitrogens with one attached hydrogen (secondary N) is 1. The molecule has 124 valence electrons. The summed E-state index contributed by atoms with van der Waals surface area (Å²) in [5.41, 5.74) is 1.82. The van der Waals surface area contributed by atoms with Crippen molar-refractivity contribution in [1.29, 1.82) is 0 Å². The quantitative estimate of drug-likeness (QED) is 0.795. The first-order valence-corrected chi connectivity index (χ1v) is 8.43. The normalized spacial score (nSPS) is 15.0. The molecule has 0 saturated carbocycles. The lowest BCUT2D eigenvalue weighted by atomic mass is 10.1. The Bertz CT molecular complexity index is 836. The molecule has 0 bridgehead atoms. The Kier molecular flexibility index (Phi) is 3.98. The molecule has 4 heterocycles. The fraction of sp³-hybridized carbons (Fsp3) is 0.412. The fourth-order valence-corrected chi connectivity index (χ4v) is 3.06. The van der Waals surface area contributed by atoms with Crippen molar-refractivity contribution in [3.8, 4) is 0 Å². The Balaban J connectivity index is 1.52. The first-order valence-electron chi connectivity index (χ1n) is 8.43. The van der Waals surface area contributed by atoms with Gasteiger partial charge in [0, 0.05) is 31.0 Å². The Labute approximate surface area is 140 Å². The lowest BCUT2D eigenvalue weighted by Crippen LogP contribution is -2.31. The van der Waals surface area contributed by atoms with Crippen LogP contribution in [0.3, 0.4) is 0 Å². The van der Waals surface area contributed by atoms with Gasteiger partial charge in [-0.15, -0.1) is 10.2 Å². The molecule has 0 unspecified atom stereocenters. The van der Waals surface area contributed by atoms with Gasteiger partial charge in [0.2, 0.25) is 5.95 Å². The lowest BCUT2D eigenvalue weighted by Gasteiger charge is -2.27. The summed E-state index contributed by atoms with van der Waals surface area (Å²) in [6.45, 7) is 4.66. The molecule has 1 aliphatic rings. The van der Waals surface area contributed by atoms with Crippen LogP contribution in [-0.4, -0.2) is 37.7 Å². The van der Waals surface area contributed by atoms with Gasteiger partial charge in [0.15, 0.2) is 11.5 Å². The van der Waals surface area contributed by atoms with Gasteiger partial charge in [0.1, 0.15) is 5.82 Å². The number of rotatable bonds is 4. The Hall–Kier alpha value is -2.70. The van der Waals surface area contributed by atoms with E-state index in [1.54, 1.807) is 0 Å². The summed E-state index contributed by atoms with van der Waals surface area (Å²) < 4.78 is 1.98. The predicted molar refractivity (Wildman–Crippen MR) is 93.1 cm³/mol. The van der Waals surface area contributed by atoms with Crippen molar-refractivity contribution in [3.05, 3.63) is 42.0 Å². The zero-order chi connectivity index (χ0) is 16.4. The Morgan fingerprint density at radius 2 is 1.96 bits per heavy atom. The average Bonchev–Trinajstić information content (AvgIpc) is 3.03.